The van der Waals surface area contributed by atoms with Gasteiger partial charge in [-0.15, -0.1) is 0 Å². The van der Waals surface area contributed by atoms with Crippen LogP contribution in [0.1, 0.15) is 40.0 Å². The molecule has 5 nitrogen and oxygen atoms in total. The lowest BCUT2D eigenvalue weighted by Gasteiger charge is -2.30. The molecular formula is C14H27NO4. The molecule has 0 saturated heterocycles. The molecule has 0 bridgehead atoms. The maximum atomic E-state index is 11.6. The molecule has 1 aliphatic rings. The predicted molar refractivity (Wildman–Crippen MR) is 73.3 cm³/mol. The van der Waals surface area contributed by atoms with Crippen LogP contribution >= 0.6 is 0 Å². The normalized spacial score (nSPS) is 18.5. The summed E-state index contributed by atoms with van der Waals surface area (Å²) < 4.78 is 10.9. The molecule has 5 heteroatoms. The van der Waals surface area contributed by atoms with Crippen molar-refractivity contribution in [2.45, 2.75) is 51.7 Å². The van der Waals surface area contributed by atoms with Crippen molar-refractivity contribution in [1.29, 1.82) is 0 Å². The van der Waals surface area contributed by atoms with Crippen molar-refractivity contribution in [2.75, 3.05) is 26.4 Å². The Hall–Kier alpha value is -0.650. The lowest BCUT2D eigenvalue weighted by atomic mass is 9.94. The van der Waals surface area contributed by atoms with E-state index in [9.17, 15) is 9.90 Å². The first-order chi connectivity index (χ1) is 9.03. The van der Waals surface area contributed by atoms with Gasteiger partial charge in [0.1, 0.15) is 5.54 Å². The van der Waals surface area contributed by atoms with Crippen molar-refractivity contribution in [3.8, 4) is 0 Å². The van der Waals surface area contributed by atoms with Crippen LogP contribution in [-0.2, 0) is 14.3 Å². The molecule has 1 fully saturated rings. The highest BCUT2D eigenvalue weighted by molar-refractivity contribution is 5.80. The van der Waals surface area contributed by atoms with Crippen LogP contribution in [0.25, 0.3) is 0 Å². The van der Waals surface area contributed by atoms with Gasteiger partial charge in [0.15, 0.2) is 0 Å². The zero-order chi connectivity index (χ0) is 14.3. The Labute approximate surface area is 115 Å². The summed E-state index contributed by atoms with van der Waals surface area (Å²) >= 11 is 0. The molecule has 1 atom stereocenters. The van der Waals surface area contributed by atoms with Gasteiger partial charge in [0, 0.05) is 0 Å². The fourth-order valence-electron chi connectivity index (χ4n) is 2.13. The van der Waals surface area contributed by atoms with E-state index in [1.54, 1.807) is 0 Å². The van der Waals surface area contributed by atoms with E-state index in [1.165, 1.54) is 0 Å². The van der Waals surface area contributed by atoms with Crippen LogP contribution in [0.15, 0.2) is 0 Å². The van der Waals surface area contributed by atoms with E-state index in [0.29, 0.717) is 19.8 Å². The molecule has 0 aromatic carbocycles. The Morgan fingerprint density at radius 2 is 2.11 bits per heavy atom. The van der Waals surface area contributed by atoms with Crippen molar-refractivity contribution < 1.29 is 19.4 Å². The molecule has 0 aromatic heterocycles. The summed E-state index contributed by atoms with van der Waals surface area (Å²) in [5, 5.41) is 12.7. The summed E-state index contributed by atoms with van der Waals surface area (Å²) in [7, 11) is 0. The number of carbonyl (C=O) groups is 1. The first-order valence-corrected chi connectivity index (χ1v) is 7.20. The monoisotopic (exact) mass is 273 g/mol. The van der Waals surface area contributed by atoms with E-state index < -0.39 is 11.5 Å². The summed E-state index contributed by atoms with van der Waals surface area (Å²) in [6.45, 7) is 7.83. The van der Waals surface area contributed by atoms with Gasteiger partial charge in [-0.2, -0.15) is 0 Å². The Morgan fingerprint density at radius 1 is 1.42 bits per heavy atom. The lowest BCUT2D eigenvalue weighted by Crippen LogP contribution is -2.57. The Kier molecular flexibility index (Phi) is 6.75. The van der Waals surface area contributed by atoms with Gasteiger partial charge < -0.3 is 14.6 Å². The molecule has 0 heterocycles. The highest BCUT2D eigenvalue weighted by atomic mass is 16.5. The van der Waals surface area contributed by atoms with Crippen LogP contribution in [0, 0.1) is 5.92 Å². The van der Waals surface area contributed by atoms with Crippen molar-refractivity contribution in [3.63, 3.8) is 0 Å². The van der Waals surface area contributed by atoms with E-state index in [-0.39, 0.29) is 18.6 Å². The molecule has 0 aromatic rings. The van der Waals surface area contributed by atoms with Crippen LogP contribution in [0.3, 0.4) is 0 Å². The van der Waals surface area contributed by atoms with Gasteiger partial charge in [-0.1, -0.05) is 6.92 Å². The quantitative estimate of drug-likeness (QED) is 0.560. The lowest BCUT2D eigenvalue weighted by molar-refractivity contribution is -0.149. The molecule has 0 radical (unpaired) electrons. The molecule has 1 saturated carbocycles. The molecule has 1 aliphatic carbocycles. The van der Waals surface area contributed by atoms with Gasteiger partial charge in [-0.25, -0.2) is 0 Å². The van der Waals surface area contributed by atoms with E-state index in [4.69, 9.17) is 9.47 Å². The molecule has 1 rings (SSSR count). The number of carboxylic acid groups (broad SMARTS) is 1. The standard InChI is InChI=1S/C14H27NO4/c1-4-7-15-14(13(16)17,12-5-6-12)10-18-8-9-19-11(2)3/h11-12,15H,4-10H2,1-3H3,(H,16,17). The highest BCUT2D eigenvalue weighted by Crippen LogP contribution is 2.40. The van der Waals surface area contributed by atoms with Crippen LogP contribution < -0.4 is 5.32 Å². The number of hydrogen-bond acceptors (Lipinski definition) is 4. The van der Waals surface area contributed by atoms with Crippen LogP contribution in [0.5, 0.6) is 0 Å². The van der Waals surface area contributed by atoms with Gasteiger partial charge in [0.05, 0.1) is 25.9 Å². The average molecular weight is 273 g/mol. The Balaban J connectivity index is 2.42. The predicted octanol–water partition coefficient (Wildman–Crippen LogP) is 1.66. The minimum atomic E-state index is -0.909. The zero-order valence-electron chi connectivity index (χ0n) is 12.3. The van der Waals surface area contributed by atoms with E-state index in [0.717, 1.165) is 19.3 Å². The van der Waals surface area contributed by atoms with Crippen molar-refractivity contribution >= 4 is 5.97 Å². The van der Waals surface area contributed by atoms with E-state index in [1.807, 2.05) is 20.8 Å². The number of rotatable bonds is 11. The third-order valence-electron chi connectivity index (χ3n) is 3.35. The molecule has 112 valence electrons. The average Bonchev–Trinajstić information content (AvgIpc) is 3.16. The van der Waals surface area contributed by atoms with Gasteiger partial charge in [0.25, 0.3) is 0 Å². The molecule has 0 amide bonds. The van der Waals surface area contributed by atoms with Crippen molar-refractivity contribution in [2.24, 2.45) is 5.92 Å². The molecule has 1 unspecified atom stereocenters. The summed E-state index contributed by atoms with van der Waals surface area (Å²) in [4.78, 5) is 11.6. The van der Waals surface area contributed by atoms with Crippen LogP contribution in [-0.4, -0.2) is 49.1 Å². The van der Waals surface area contributed by atoms with Gasteiger partial charge >= 0.3 is 5.97 Å². The van der Waals surface area contributed by atoms with Gasteiger partial charge in [-0.05, 0) is 45.6 Å². The van der Waals surface area contributed by atoms with E-state index >= 15 is 0 Å². The first kappa shape index (κ1) is 16.4. The first-order valence-electron chi connectivity index (χ1n) is 7.20. The van der Waals surface area contributed by atoms with Crippen LogP contribution in [0.2, 0.25) is 0 Å². The second-order valence-electron chi connectivity index (χ2n) is 5.45. The number of aliphatic carboxylic acids is 1. The Bertz CT molecular complexity index is 279. The third-order valence-corrected chi connectivity index (χ3v) is 3.35. The molecule has 2 N–H and O–H groups in total. The number of hydrogen-bond donors (Lipinski definition) is 2. The smallest absolute Gasteiger partial charge is 0.326 e. The van der Waals surface area contributed by atoms with Crippen LogP contribution in [0.4, 0.5) is 0 Å². The highest BCUT2D eigenvalue weighted by Gasteiger charge is 2.51. The fourth-order valence-corrected chi connectivity index (χ4v) is 2.13. The van der Waals surface area contributed by atoms with Gasteiger partial charge in [-0.3, -0.25) is 10.1 Å². The molecule has 19 heavy (non-hydrogen) atoms. The van der Waals surface area contributed by atoms with Crippen molar-refractivity contribution in [3.05, 3.63) is 0 Å². The summed E-state index contributed by atoms with van der Waals surface area (Å²) in [5.41, 5.74) is -0.909. The fraction of sp³-hybridized carbons (Fsp3) is 0.929. The third kappa shape index (κ3) is 5.09. The molecular weight excluding hydrogens is 246 g/mol. The maximum Gasteiger partial charge on any atom is 0.326 e. The second-order valence-corrected chi connectivity index (χ2v) is 5.45. The number of nitrogens with one attached hydrogen (secondary N) is 1. The summed E-state index contributed by atoms with van der Waals surface area (Å²) in [6.07, 6.45) is 3.02. The second kappa shape index (κ2) is 7.82. The Morgan fingerprint density at radius 3 is 2.58 bits per heavy atom. The largest absolute Gasteiger partial charge is 0.480 e. The molecule has 0 spiro atoms. The zero-order valence-corrected chi connectivity index (χ0v) is 12.3. The maximum absolute atomic E-state index is 11.6. The SMILES string of the molecule is CCCNC(COCCOC(C)C)(C(=O)O)C1CC1. The minimum Gasteiger partial charge on any atom is -0.480 e. The topological polar surface area (TPSA) is 67.8 Å². The number of ether oxygens (including phenoxy) is 2. The minimum absolute atomic E-state index is 0.175. The van der Waals surface area contributed by atoms with Gasteiger partial charge in [0.2, 0.25) is 0 Å². The van der Waals surface area contributed by atoms with E-state index in [2.05, 4.69) is 5.32 Å². The molecule has 0 aliphatic heterocycles. The summed E-state index contributed by atoms with van der Waals surface area (Å²) in [5.74, 6) is -0.601. The number of carboxylic acids is 1. The van der Waals surface area contributed by atoms with Crippen molar-refractivity contribution in [1.82, 2.24) is 5.32 Å². The summed E-state index contributed by atoms with van der Waals surface area (Å²) in [6, 6.07) is 0.